The van der Waals surface area contributed by atoms with Crippen LogP contribution in [0.2, 0.25) is 0 Å². The molecule has 1 saturated heterocycles. The molecule has 2 aliphatic carbocycles. The summed E-state index contributed by atoms with van der Waals surface area (Å²) >= 11 is 0. The van der Waals surface area contributed by atoms with E-state index in [1.54, 1.807) is 14.0 Å². The fourth-order valence-corrected chi connectivity index (χ4v) is 7.02. The van der Waals surface area contributed by atoms with Crippen molar-refractivity contribution in [3.05, 3.63) is 42.0 Å². The second kappa shape index (κ2) is 6.46. The van der Waals surface area contributed by atoms with Gasteiger partial charge in [0.2, 0.25) is 5.91 Å². The van der Waals surface area contributed by atoms with E-state index in [0.717, 1.165) is 25.2 Å². The van der Waals surface area contributed by atoms with Gasteiger partial charge in [-0.3, -0.25) is 4.79 Å². The van der Waals surface area contributed by atoms with Gasteiger partial charge in [0.1, 0.15) is 5.75 Å². The summed E-state index contributed by atoms with van der Waals surface area (Å²) in [5, 5.41) is 5.80. The van der Waals surface area contributed by atoms with Gasteiger partial charge in [0, 0.05) is 25.1 Å². The number of methoxy groups -OCH3 is 1. The van der Waals surface area contributed by atoms with Gasteiger partial charge in [0.25, 0.3) is 0 Å². The van der Waals surface area contributed by atoms with E-state index in [1.807, 2.05) is 0 Å². The summed E-state index contributed by atoms with van der Waals surface area (Å²) < 4.78 is 12.3. The minimum absolute atomic E-state index is 0.00200. The zero-order chi connectivity index (χ0) is 20.4. The van der Waals surface area contributed by atoms with Crippen LogP contribution >= 0.6 is 0 Å². The number of hydrogen-bond acceptors (Lipinski definition) is 3. The molecule has 4 nitrogen and oxygen atoms in total. The Balaban J connectivity index is 1.64. The summed E-state index contributed by atoms with van der Waals surface area (Å²) in [5.74, 6) is 1.98. The number of amides is 1. The van der Waals surface area contributed by atoms with Crippen LogP contribution in [0.3, 0.4) is 0 Å². The van der Waals surface area contributed by atoms with Crippen molar-refractivity contribution in [2.75, 3.05) is 13.7 Å². The Morgan fingerprint density at radius 2 is 2.00 bits per heavy atom. The van der Waals surface area contributed by atoms with Crippen molar-refractivity contribution in [3.63, 3.8) is 0 Å². The third kappa shape index (κ3) is 2.58. The number of hydrogen-bond donors (Lipinski definition) is 1. The van der Waals surface area contributed by atoms with E-state index in [1.165, 1.54) is 22.8 Å². The van der Waals surface area contributed by atoms with Gasteiger partial charge in [-0.15, -0.1) is 0 Å². The van der Waals surface area contributed by atoms with Crippen molar-refractivity contribution in [2.45, 2.75) is 52.2 Å². The van der Waals surface area contributed by atoms with Gasteiger partial charge >= 0.3 is 0 Å². The molecule has 5 atom stereocenters. The molecule has 2 aromatic rings. The molecule has 1 unspecified atom stereocenters. The molecule has 3 aliphatic rings. The lowest BCUT2D eigenvalue weighted by Gasteiger charge is -2.53. The topological polar surface area (TPSA) is 47.6 Å². The first-order valence-corrected chi connectivity index (χ1v) is 10.8. The minimum atomic E-state index is 0.00200. The number of benzene rings is 2. The predicted molar refractivity (Wildman–Crippen MR) is 114 cm³/mol. The number of rotatable bonds is 3. The predicted octanol–water partition coefficient (Wildman–Crippen LogP) is 4.87. The maximum absolute atomic E-state index is 12.1. The van der Waals surface area contributed by atoms with Crippen molar-refractivity contribution >= 4 is 16.7 Å². The Bertz CT molecular complexity index is 968. The summed E-state index contributed by atoms with van der Waals surface area (Å²) in [6.45, 7) is 7.06. The molecule has 154 valence electrons. The van der Waals surface area contributed by atoms with E-state index in [0.29, 0.717) is 11.8 Å². The van der Waals surface area contributed by atoms with Crippen LogP contribution in [0.1, 0.15) is 51.7 Å². The molecule has 0 radical (unpaired) electrons. The van der Waals surface area contributed by atoms with Gasteiger partial charge in [-0.05, 0) is 58.8 Å². The van der Waals surface area contributed by atoms with Gasteiger partial charge in [-0.1, -0.05) is 44.2 Å². The zero-order valence-electron chi connectivity index (χ0n) is 17.8. The molecule has 2 bridgehead atoms. The lowest BCUT2D eigenvalue weighted by atomic mass is 9.58. The van der Waals surface area contributed by atoms with Crippen LogP contribution in [0.25, 0.3) is 10.8 Å². The highest BCUT2D eigenvalue weighted by Gasteiger charge is 2.68. The molecule has 1 amide bonds. The first-order valence-electron chi connectivity index (χ1n) is 10.8. The Hall–Kier alpha value is -2.07. The molecule has 1 aliphatic heterocycles. The smallest absolute Gasteiger partial charge is 0.217 e. The van der Waals surface area contributed by atoms with Crippen LogP contribution in [0, 0.1) is 22.7 Å². The fourth-order valence-electron chi connectivity index (χ4n) is 7.02. The van der Waals surface area contributed by atoms with Gasteiger partial charge in [0.15, 0.2) is 0 Å². The molecule has 2 saturated carbocycles. The van der Waals surface area contributed by atoms with E-state index >= 15 is 0 Å². The average Bonchev–Trinajstić information content (AvgIpc) is 3.19. The highest BCUT2D eigenvalue weighted by Crippen LogP contribution is 2.71. The summed E-state index contributed by atoms with van der Waals surface area (Å²) in [7, 11) is 1.75. The number of fused-ring (bicyclic) bond motifs is 2. The molecule has 1 N–H and O–H groups in total. The zero-order valence-corrected chi connectivity index (χ0v) is 17.8. The first-order chi connectivity index (χ1) is 13.9. The van der Waals surface area contributed by atoms with Crippen molar-refractivity contribution in [2.24, 2.45) is 22.7 Å². The lowest BCUT2D eigenvalue weighted by Crippen LogP contribution is -2.58. The van der Waals surface area contributed by atoms with E-state index in [2.05, 4.69) is 55.6 Å². The van der Waals surface area contributed by atoms with Crippen LogP contribution in [0.15, 0.2) is 36.4 Å². The van der Waals surface area contributed by atoms with Crippen LogP contribution < -0.4 is 10.1 Å². The normalized spacial score (nSPS) is 34.8. The fraction of sp³-hybridized carbons (Fsp3) is 0.560. The van der Waals surface area contributed by atoms with E-state index < -0.39 is 0 Å². The second-order valence-corrected chi connectivity index (χ2v) is 9.88. The molecule has 1 heterocycles. The van der Waals surface area contributed by atoms with Crippen molar-refractivity contribution < 1.29 is 14.3 Å². The molecule has 3 fully saturated rings. The van der Waals surface area contributed by atoms with Crippen LogP contribution in [-0.2, 0) is 9.53 Å². The maximum atomic E-state index is 12.1. The Kier molecular flexibility index (Phi) is 4.22. The van der Waals surface area contributed by atoms with E-state index in [-0.39, 0.29) is 28.9 Å². The third-order valence-electron chi connectivity index (χ3n) is 8.29. The lowest BCUT2D eigenvalue weighted by molar-refractivity contribution is -0.135. The number of ether oxygens (including phenoxy) is 2. The summed E-state index contributed by atoms with van der Waals surface area (Å²) in [5.41, 5.74) is 1.40. The van der Waals surface area contributed by atoms with Crippen LogP contribution in [-0.4, -0.2) is 25.7 Å². The van der Waals surface area contributed by atoms with Gasteiger partial charge in [-0.2, -0.15) is 0 Å². The number of nitrogens with one attached hydrogen (secondary N) is 1. The third-order valence-corrected chi connectivity index (χ3v) is 8.29. The SMILES string of the molecule is COc1ccc2ccccc2c1[C@H]1OCCC23C[C@@H](C[C@H]12)C(C)(C)[C@@H]3NC(C)=O. The van der Waals surface area contributed by atoms with Crippen LogP contribution in [0.4, 0.5) is 0 Å². The van der Waals surface area contributed by atoms with E-state index in [4.69, 9.17) is 9.47 Å². The maximum Gasteiger partial charge on any atom is 0.217 e. The van der Waals surface area contributed by atoms with Crippen molar-refractivity contribution in [1.29, 1.82) is 0 Å². The highest BCUT2D eigenvalue weighted by atomic mass is 16.5. The summed E-state index contributed by atoms with van der Waals surface area (Å²) in [6, 6.07) is 12.9. The van der Waals surface area contributed by atoms with E-state index in [9.17, 15) is 4.79 Å². The van der Waals surface area contributed by atoms with Crippen LogP contribution in [0.5, 0.6) is 5.75 Å². The summed E-state index contributed by atoms with van der Waals surface area (Å²) in [6.07, 6.45) is 3.36. The largest absolute Gasteiger partial charge is 0.496 e. The monoisotopic (exact) mass is 393 g/mol. The molecular weight excluding hydrogens is 362 g/mol. The quantitative estimate of drug-likeness (QED) is 0.809. The molecule has 0 aromatic heterocycles. The van der Waals surface area contributed by atoms with Gasteiger partial charge in [-0.25, -0.2) is 0 Å². The van der Waals surface area contributed by atoms with Gasteiger partial charge in [0.05, 0.1) is 13.2 Å². The van der Waals surface area contributed by atoms with Crippen molar-refractivity contribution in [1.82, 2.24) is 5.32 Å². The summed E-state index contributed by atoms with van der Waals surface area (Å²) in [4.78, 5) is 12.1. The molecule has 1 spiro atoms. The molecule has 4 heteroatoms. The number of carbonyl (C=O) groups excluding carboxylic acids is 1. The molecule has 2 aromatic carbocycles. The van der Waals surface area contributed by atoms with Gasteiger partial charge < -0.3 is 14.8 Å². The molecule has 29 heavy (non-hydrogen) atoms. The standard InChI is InChI=1S/C25H31NO3/c1-15(27)26-23-24(2,3)17-13-19-22(29-12-11-25(19,23)14-17)21-18-8-6-5-7-16(18)9-10-20(21)28-4/h5-10,17,19,22-23H,11-14H2,1-4H3,(H,26,27)/t17-,19-,22+,23+,25?/m1/s1. The Morgan fingerprint density at radius 3 is 2.76 bits per heavy atom. The highest BCUT2D eigenvalue weighted by molar-refractivity contribution is 5.88. The molecule has 5 rings (SSSR count). The minimum Gasteiger partial charge on any atom is -0.496 e. The second-order valence-electron chi connectivity index (χ2n) is 9.88. The number of carbonyl (C=O) groups is 1. The van der Waals surface area contributed by atoms with Crippen molar-refractivity contribution in [3.8, 4) is 5.75 Å². The Labute approximate surface area is 173 Å². The average molecular weight is 394 g/mol. The Morgan fingerprint density at radius 1 is 1.21 bits per heavy atom. The molecular formula is C25H31NO3. The first kappa shape index (κ1) is 18.9.